The van der Waals surface area contributed by atoms with Crippen LogP contribution in [-0.4, -0.2) is 55.5 Å². The third kappa shape index (κ3) is 3.85. The molecule has 2 rings (SSSR count). The zero-order valence-corrected chi connectivity index (χ0v) is 13.2. The number of rotatable bonds is 1. The standard InChI is InChI=1S/C15H28N2O3/c1-14(2,3)20-13(18)17-8-7-16-12(11-17)15(4)5-9-19-10-6-15/h12,16H,5-11H2,1-4H3. The number of hydrogen-bond donors (Lipinski definition) is 1. The number of hydrogen-bond acceptors (Lipinski definition) is 4. The zero-order valence-electron chi connectivity index (χ0n) is 13.2. The van der Waals surface area contributed by atoms with E-state index in [-0.39, 0.29) is 11.5 Å². The van der Waals surface area contributed by atoms with Crippen molar-refractivity contribution in [1.29, 1.82) is 0 Å². The number of carbonyl (C=O) groups is 1. The predicted molar refractivity (Wildman–Crippen MR) is 77.8 cm³/mol. The van der Waals surface area contributed by atoms with Crippen LogP contribution in [0, 0.1) is 5.41 Å². The number of nitrogens with one attached hydrogen (secondary N) is 1. The van der Waals surface area contributed by atoms with Gasteiger partial charge in [-0.2, -0.15) is 0 Å². The lowest BCUT2D eigenvalue weighted by Gasteiger charge is -2.45. The van der Waals surface area contributed by atoms with Gasteiger partial charge in [0, 0.05) is 38.9 Å². The van der Waals surface area contributed by atoms with E-state index in [1.54, 1.807) is 0 Å². The van der Waals surface area contributed by atoms with E-state index in [2.05, 4.69) is 12.2 Å². The predicted octanol–water partition coefficient (Wildman–Crippen LogP) is 2.01. The fourth-order valence-electron chi connectivity index (χ4n) is 2.90. The molecule has 0 aromatic heterocycles. The molecule has 0 radical (unpaired) electrons. The van der Waals surface area contributed by atoms with Gasteiger partial charge in [0.15, 0.2) is 0 Å². The van der Waals surface area contributed by atoms with Crippen molar-refractivity contribution in [2.45, 2.75) is 52.2 Å². The summed E-state index contributed by atoms with van der Waals surface area (Å²) in [5, 5.41) is 3.57. The highest BCUT2D eigenvalue weighted by Gasteiger charge is 2.39. The summed E-state index contributed by atoms with van der Waals surface area (Å²) >= 11 is 0. The van der Waals surface area contributed by atoms with Gasteiger partial charge in [-0.3, -0.25) is 0 Å². The van der Waals surface area contributed by atoms with Crippen LogP contribution < -0.4 is 5.32 Å². The van der Waals surface area contributed by atoms with Crippen molar-refractivity contribution < 1.29 is 14.3 Å². The lowest BCUT2D eigenvalue weighted by atomic mass is 9.75. The van der Waals surface area contributed by atoms with Gasteiger partial charge in [-0.15, -0.1) is 0 Å². The summed E-state index contributed by atoms with van der Waals surface area (Å²) in [4.78, 5) is 14.0. The molecule has 2 aliphatic heterocycles. The third-order valence-corrected chi connectivity index (χ3v) is 4.30. The number of piperazine rings is 1. The van der Waals surface area contributed by atoms with E-state index < -0.39 is 5.60 Å². The Bertz CT molecular complexity index is 346. The third-order valence-electron chi connectivity index (χ3n) is 4.30. The Balaban J connectivity index is 1.96. The number of nitrogens with zero attached hydrogens (tertiary/aromatic N) is 1. The van der Waals surface area contributed by atoms with Gasteiger partial charge in [-0.05, 0) is 39.0 Å². The Morgan fingerprint density at radius 1 is 1.35 bits per heavy atom. The molecule has 0 aliphatic carbocycles. The molecular weight excluding hydrogens is 256 g/mol. The summed E-state index contributed by atoms with van der Waals surface area (Å²) in [5.41, 5.74) is -0.223. The molecule has 2 heterocycles. The first-order chi connectivity index (χ1) is 9.30. The monoisotopic (exact) mass is 284 g/mol. The second-order valence-corrected chi connectivity index (χ2v) is 7.20. The largest absolute Gasteiger partial charge is 0.444 e. The van der Waals surface area contributed by atoms with E-state index in [0.717, 1.165) is 45.7 Å². The molecule has 0 saturated carbocycles. The summed E-state index contributed by atoms with van der Waals surface area (Å²) in [6.45, 7) is 11.9. The minimum atomic E-state index is -0.431. The molecule has 2 fully saturated rings. The van der Waals surface area contributed by atoms with Gasteiger partial charge >= 0.3 is 6.09 Å². The van der Waals surface area contributed by atoms with Crippen molar-refractivity contribution in [2.75, 3.05) is 32.8 Å². The number of carbonyl (C=O) groups excluding carboxylic acids is 1. The fourth-order valence-corrected chi connectivity index (χ4v) is 2.90. The Morgan fingerprint density at radius 3 is 2.60 bits per heavy atom. The van der Waals surface area contributed by atoms with Crippen molar-refractivity contribution >= 4 is 6.09 Å². The molecule has 1 N–H and O–H groups in total. The van der Waals surface area contributed by atoms with E-state index >= 15 is 0 Å². The first-order valence-electron chi connectivity index (χ1n) is 7.59. The summed E-state index contributed by atoms with van der Waals surface area (Å²) in [6.07, 6.45) is 1.90. The van der Waals surface area contributed by atoms with E-state index in [1.807, 2.05) is 25.7 Å². The van der Waals surface area contributed by atoms with E-state index in [4.69, 9.17) is 9.47 Å². The topological polar surface area (TPSA) is 50.8 Å². The highest BCUT2D eigenvalue weighted by molar-refractivity contribution is 5.68. The molecule has 5 heteroatoms. The average Bonchev–Trinajstić information content (AvgIpc) is 2.38. The van der Waals surface area contributed by atoms with Crippen molar-refractivity contribution in [1.82, 2.24) is 10.2 Å². The summed E-state index contributed by atoms with van der Waals surface area (Å²) < 4.78 is 10.9. The second kappa shape index (κ2) is 5.90. The zero-order chi connectivity index (χ0) is 14.8. The van der Waals surface area contributed by atoms with Crippen LogP contribution in [-0.2, 0) is 9.47 Å². The average molecular weight is 284 g/mol. The molecule has 0 aromatic rings. The van der Waals surface area contributed by atoms with Crippen LogP contribution in [0.15, 0.2) is 0 Å². The Hall–Kier alpha value is -0.810. The highest BCUT2D eigenvalue weighted by Crippen LogP contribution is 2.34. The molecule has 2 saturated heterocycles. The van der Waals surface area contributed by atoms with Crippen molar-refractivity contribution in [3.8, 4) is 0 Å². The molecular formula is C15H28N2O3. The maximum absolute atomic E-state index is 12.2. The van der Waals surface area contributed by atoms with E-state index in [0.29, 0.717) is 6.04 Å². The van der Waals surface area contributed by atoms with Crippen LogP contribution in [0.1, 0.15) is 40.5 Å². The van der Waals surface area contributed by atoms with Crippen LogP contribution in [0.4, 0.5) is 4.79 Å². The fraction of sp³-hybridized carbons (Fsp3) is 0.933. The van der Waals surface area contributed by atoms with Gasteiger partial charge in [0.1, 0.15) is 5.60 Å². The molecule has 0 bridgehead atoms. The second-order valence-electron chi connectivity index (χ2n) is 7.20. The maximum Gasteiger partial charge on any atom is 0.410 e. The van der Waals surface area contributed by atoms with E-state index in [1.165, 1.54) is 0 Å². The Morgan fingerprint density at radius 2 is 2.00 bits per heavy atom. The summed E-state index contributed by atoms with van der Waals surface area (Å²) in [5.74, 6) is 0. The molecule has 1 unspecified atom stereocenters. The van der Waals surface area contributed by atoms with Crippen LogP contribution in [0.2, 0.25) is 0 Å². The molecule has 2 aliphatic rings. The van der Waals surface area contributed by atoms with Gasteiger partial charge in [0.2, 0.25) is 0 Å². The quantitative estimate of drug-likeness (QED) is 0.800. The number of amides is 1. The van der Waals surface area contributed by atoms with Gasteiger partial charge in [0.05, 0.1) is 0 Å². The highest BCUT2D eigenvalue weighted by atomic mass is 16.6. The lowest BCUT2D eigenvalue weighted by molar-refractivity contribution is -0.0186. The van der Waals surface area contributed by atoms with Crippen LogP contribution in [0.25, 0.3) is 0 Å². The minimum Gasteiger partial charge on any atom is -0.444 e. The molecule has 116 valence electrons. The van der Waals surface area contributed by atoms with Gasteiger partial charge in [-0.25, -0.2) is 4.79 Å². The van der Waals surface area contributed by atoms with Crippen LogP contribution in [0.5, 0.6) is 0 Å². The lowest BCUT2D eigenvalue weighted by Crippen LogP contribution is -2.60. The Labute approximate surface area is 122 Å². The molecule has 5 nitrogen and oxygen atoms in total. The molecule has 1 amide bonds. The van der Waals surface area contributed by atoms with Crippen molar-refractivity contribution in [2.24, 2.45) is 5.41 Å². The van der Waals surface area contributed by atoms with E-state index in [9.17, 15) is 4.79 Å². The maximum atomic E-state index is 12.2. The summed E-state index contributed by atoms with van der Waals surface area (Å²) in [6, 6.07) is 0.327. The normalized spacial score (nSPS) is 27.2. The molecule has 1 atom stereocenters. The SMILES string of the molecule is CC(C)(C)OC(=O)N1CCNC(C2(C)CCOCC2)C1. The Kier molecular flexibility index (Phi) is 4.59. The van der Waals surface area contributed by atoms with Crippen molar-refractivity contribution in [3.63, 3.8) is 0 Å². The van der Waals surface area contributed by atoms with Gasteiger partial charge in [-0.1, -0.05) is 6.92 Å². The molecule has 0 spiro atoms. The van der Waals surface area contributed by atoms with Crippen molar-refractivity contribution in [3.05, 3.63) is 0 Å². The summed E-state index contributed by atoms with van der Waals surface area (Å²) in [7, 11) is 0. The molecule has 20 heavy (non-hydrogen) atoms. The molecule has 0 aromatic carbocycles. The van der Waals surface area contributed by atoms with Crippen LogP contribution in [0.3, 0.4) is 0 Å². The van der Waals surface area contributed by atoms with Gasteiger partial charge < -0.3 is 19.7 Å². The van der Waals surface area contributed by atoms with Gasteiger partial charge in [0.25, 0.3) is 0 Å². The van der Waals surface area contributed by atoms with Crippen LogP contribution >= 0.6 is 0 Å². The number of ether oxygens (including phenoxy) is 2. The first kappa shape index (κ1) is 15.6. The smallest absolute Gasteiger partial charge is 0.410 e. The first-order valence-corrected chi connectivity index (χ1v) is 7.59. The minimum absolute atomic E-state index is 0.195.